The van der Waals surface area contributed by atoms with E-state index in [1.165, 1.54) is 57.6 Å². The van der Waals surface area contributed by atoms with Crippen LogP contribution in [0.15, 0.2) is 18.5 Å². The first-order valence-corrected chi connectivity index (χ1v) is 13.2. The van der Waals surface area contributed by atoms with Gasteiger partial charge in [0.15, 0.2) is 0 Å². The van der Waals surface area contributed by atoms with Crippen molar-refractivity contribution in [3.05, 3.63) is 24.0 Å². The molecule has 1 heterocycles. The number of hydrogen-bond acceptors (Lipinski definition) is 4. The maximum absolute atomic E-state index is 11.6. The number of amides is 1. The summed E-state index contributed by atoms with van der Waals surface area (Å²) in [6, 6.07) is 1.73. The summed E-state index contributed by atoms with van der Waals surface area (Å²) < 4.78 is 12.7. The number of aromatic nitrogens is 1. The van der Waals surface area contributed by atoms with Crippen molar-refractivity contribution >= 4 is 5.91 Å². The Hall–Kier alpha value is -1.62. The molecule has 0 radical (unpaired) electrons. The van der Waals surface area contributed by atoms with Crippen molar-refractivity contribution in [1.82, 2.24) is 4.98 Å². The Morgan fingerprint density at radius 1 is 1.15 bits per heavy atom. The molecule has 5 saturated carbocycles. The second-order valence-electron chi connectivity index (χ2n) is 12.6. The van der Waals surface area contributed by atoms with Gasteiger partial charge in [0.1, 0.15) is 5.75 Å². The molecule has 0 aromatic carbocycles. The van der Waals surface area contributed by atoms with Gasteiger partial charge in [0.05, 0.1) is 24.0 Å². The SMILES string of the molecule is COC1C[C@H]2[C@@H]3CC[C@H]([C@H](C)Oc4cncc(C(N)=O)c4)[C@@]3(C)CC[C@@H]2[C@@]2(C)CCC3C[C@]312. The van der Waals surface area contributed by atoms with Gasteiger partial charge in [-0.05, 0) is 98.9 Å². The van der Waals surface area contributed by atoms with Crippen LogP contribution in [0, 0.1) is 45.8 Å². The molecule has 5 aliphatic carbocycles. The summed E-state index contributed by atoms with van der Waals surface area (Å²) in [6.45, 7) is 7.40. The van der Waals surface area contributed by atoms with Crippen molar-refractivity contribution in [3.63, 3.8) is 0 Å². The molecule has 2 unspecified atom stereocenters. The van der Waals surface area contributed by atoms with Gasteiger partial charge in [-0.15, -0.1) is 0 Å². The van der Waals surface area contributed by atoms with E-state index in [0.29, 0.717) is 39.6 Å². The van der Waals surface area contributed by atoms with E-state index >= 15 is 0 Å². The molecule has 5 heteroatoms. The number of carbonyl (C=O) groups is 1. The van der Waals surface area contributed by atoms with Gasteiger partial charge in [0.25, 0.3) is 0 Å². The molecule has 1 aromatic rings. The van der Waals surface area contributed by atoms with Gasteiger partial charge in [-0.25, -0.2) is 0 Å². The van der Waals surface area contributed by atoms with E-state index in [4.69, 9.17) is 15.2 Å². The molecule has 0 aliphatic heterocycles. The summed E-state index contributed by atoms with van der Waals surface area (Å²) >= 11 is 0. The number of rotatable bonds is 5. The lowest BCUT2D eigenvalue weighted by Crippen LogP contribution is -2.57. The van der Waals surface area contributed by atoms with Crippen molar-refractivity contribution in [2.24, 2.45) is 51.6 Å². The fourth-order valence-electron chi connectivity index (χ4n) is 10.3. The number of carbonyl (C=O) groups excluding carboxylic acids is 1. The van der Waals surface area contributed by atoms with Crippen LogP contribution in [0.1, 0.15) is 82.5 Å². The molecule has 5 fully saturated rings. The zero-order valence-corrected chi connectivity index (χ0v) is 20.7. The molecule has 5 aliphatic rings. The maximum Gasteiger partial charge on any atom is 0.250 e. The summed E-state index contributed by atoms with van der Waals surface area (Å²) in [4.78, 5) is 15.7. The molecule has 0 bridgehead atoms. The smallest absolute Gasteiger partial charge is 0.250 e. The van der Waals surface area contributed by atoms with Crippen LogP contribution < -0.4 is 10.5 Å². The molecule has 180 valence electrons. The highest BCUT2D eigenvalue weighted by atomic mass is 16.5. The van der Waals surface area contributed by atoms with Crippen molar-refractivity contribution in [2.45, 2.75) is 84.3 Å². The first-order chi connectivity index (χ1) is 15.7. The highest BCUT2D eigenvalue weighted by Crippen LogP contribution is 2.82. The van der Waals surface area contributed by atoms with Crippen LogP contribution in [-0.4, -0.2) is 30.2 Å². The van der Waals surface area contributed by atoms with E-state index in [1.807, 2.05) is 7.11 Å². The summed E-state index contributed by atoms with van der Waals surface area (Å²) in [7, 11) is 1.97. The Morgan fingerprint density at radius 2 is 1.97 bits per heavy atom. The van der Waals surface area contributed by atoms with Crippen LogP contribution in [0.2, 0.25) is 0 Å². The number of pyridine rings is 1. The first-order valence-electron chi connectivity index (χ1n) is 13.2. The van der Waals surface area contributed by atoms with Crippen molar-refractivity contribution in [1.29, 1.82) is 0 Å². The van der Waals surface area contributed by atoms with Crippen LogP contribution in [0.4, 0.5) is 0 Å². The van der Waals surface area contributed by atoms with Crippen LogP contribution in [-0.2, 0) is 4.74 Å². The molecule has 1 spiro atoms. The normalized spacial score (nSPS) is 48.2. The average Bonchev–Trinajstić information content (AvgIpc) is 3.29. The van der Waals surface area contributed by atoms with Gasteiger partial charge >= 0.3 is 0 Å². The van der Waals surface area contributed by atoms with Crippen molar-refractivity contribution in [2.75, 3.05) is 7.11 Å². The largest absolute Gasteiger partial charge is 0.489 e. The maximum atomic E-state index is 11.6. The predicted molar refractivity (Wildman–Crippen MR) is 127 cm³/mol. The lowest BCUT2D eigenvalue weighted by Gasteiger charge is -2.61. The Balaban J connectivity index is 1.24. The Kier molecular flexibility index (Phi) is 4.77. The van der Waals surface area contributed by atoms with E-state index in [-0.39, 0.29) is 6.10 Å². The third-order valence-electron chi connectivity index (χ3n) is 11.8. The van der Waals surface area contributed by atoms with Gasteiger partial charge in [-0.3, -0.25) is 9.78 Å². The molecular formula is C28H40N2O3. The number of methoxy groups -OCH3 is 1. The highest BCUT2D eigenvalue weighted by molar-refractivity contribution is 5.92. The van der Waals surface area contributed by atoms with Crippen LogP contribution in [0.5, 0.6) is 5.75 Å². The van der Waals surface area contributed by atoms with Gasteiger partial charge in [-0.1, -0.05) is 13.8 Å². The summed E-state index contributed by atoms with van der Waals surface area (Å²) in [6.07, 6.45) is 14.5. The van der Waals surface area contributed by atoms with Crippen molar-refractivity contribution in [3.8, 4) is 5.75 Å². The van der Waals surface area contributed by atoms with Gasteiger partial charge in [0.2, 0.25) is 5.91 Å². The fourth-order valence-corrected chi connectivity index (χ4v) is 10.3. The first kappa shape index (κ1) is 21.9. The zero-order chi connectivity index (χ0) is 23.2. The summed E-state index contributed by atoms with van der Waals surface area (Å²) in [5.41, 5.74) is 7.11. The van der Waals surface area contributed by atoms with Crippen LogP contribution >= 0.6 is 0 Å². The van der Waals surface area contributed by atoms with Gasteiger partial charge < -0.3 is 15.2 Å². The predicted octanol–water partition coefficient (Wildman–Crippen LogP) is 5.23. The molecule has 0 saturated heterocycles. The molecule has 5 nitrogen and oxygen atoms in total. The number of hydrogen-bond donors (Lipinski definition) is 1. The van der Waals surface area contributed by atoms with Gasteiger partial charge in [0, 0.05) is 24.6 Å². The molecular weight excluding hydrogens is 412 g/mol. The zero-order valence-electron chi connectivity index (χ0n) is 20.7. The lowest BCUT2D eigenvalue weighted by atomic mass is 9.45. The fraction of sp³-hybridized carbons (Fsp3) is 0.786. The molecule has 6 rings (SSSR count). The molecule has 33 heavy (non-hydrogen) atoms. The number of ether oxygens (including phenoxy) is 2. The monoisotopic (exact) mass is 452 g/mol. The molecule has 2 N–H and O–H groups in total. The quantitative estimate of drug-likeness (QED) is 0.664. The lowest BCUT2D eigenvalue weighted by molar-refractivity contribution is -0.162. The Morgan fingerprint density at radius 3 is 2.70 bits per heavy atom. The van der Waals surface area contributed by atoms with E-state index in [9.17, 15) is 4.79 Å². The van der Waals surface area contributed by atoms with Crippen LogP contribution in [0.25, 0.3) is 0 Å². The standard InChI is InChI=1S/C28H40N2O3/c1-16(33-19-11-17(25(29)31)14-30-15-19)21-5-6-22-20-12-24(32-4)28-13-18(28)7-10-27(28,3)23(20)8-9-26(21,22)2/h11,14-16,18,20-24H,5-10,12-13H2,1-4H3,(H2,29,31)/t16-,18?,20-,21+,22-,23-,24?,26+,27+,28-/m0/s1. The average molecular weight is 453 g/mol. The number of fused-ring (bicyclic) bond motifs is 4. The van der Waals surface area contributed by atoms with E-state index in [0.717, 1.165) is 23.7 Å². The topological polar surface area (TPSA) is 74.4 Å². The minimum absolute atomic E-state index is 0.0875. The molecule has 1 aromatic heterocycles. The van der Waals surface area contributed by atoms with E-state index < -0.39 is 5.91 Å². The third kappa shape index (κ3) is 2.81. The van der Waals surface area contributed by atoms with Crippen LogP contribution in [0.3, 0.4) is 0 Å². The minimum atomic E-state index is -0.465. The molecule has 1 amide bonds. The Bertz CT molecular complexity index is 966. The van der Waals surface area contributed by atoms with Crippen molar-refractivity contribution < 1.29 is 14.3 Å². The van der Waals surface area contributed by atoms with E-state index in [2.05, 4.69) is 25.8 Å². The molecule has 10 atom stereocenters. The number of nitrogens with two attached hydrogens (primary N) is 1. The summed E-state index contributed by atoms with van der Waals surface area (Å²) in [5, 5.41) is 0. The third-order valence-corrected chi connectivity index (χ3v) is 11.8. The summed E-state index contributed by atoms with van der Waals surface area (Å²) in [5.74, 6) is 4.03. The highest BCUT2D eigenvalue weighted by Gasteiger charge is 2.77. The Labute approximate surface area is 198 Å². The van der Waals surface area contributed by atoms with Gasteiger partial charge in [-0.2, -0.15) is 0 Å². The van der Waals surface area contributed by atoms with E-state index in [1.54, 1.807) is 12.3 Å². The number of nitrogens with zero attached hydrogens (tertiary/aromatic N) is 1. The second-order valence-corrected chi connectivity index (χ2v) is 12.6. The number of primary amides is 1. The second kappa shape index (κ2) is 7.19. The minimum Gasteiger partial charge on any atom is -0.489 e.